The van der Waals surface area contributed by atoms with Gasteiger partial charge in [-0.15, -0.1) is 22.6 Å². The van der Waals surface area contributed by atoms with Crippen LogP contribution in [0.5, 0.6) is 0 Å². The molecular formula is C17H23ClN4O3S. The number of hydrogen-bond acceptors (Lipinski definition) is 6. The van der Waals surface area contributed by atoms with E-state index in [2.05, 4.69) is 22.4 Å². The van der Waals surface area contributed by atoms with Crippen molar-refractivity contribution >= 4 is 41.3 Å². The van der Waals surface area contributed by atoms with E-state index in [1.54, 1.807) is 4.90 Å². The van der Waals surface area contributed by atoms with Gasteiger partial charge in [-0.1, -0.05) is 37.3 Å². The van der Waals surface area contributed by atoms with Crippen molar-refractivity contribution in [1.29, 1.82) is 0 Å². The Hall–Kier alpha value is -2.03. The molecule has 0 saturated heterocycles. The Labute approximate surface area is 162 Å². The first-order chi connectivity index (χ1) is 12.0. The molecule has 26 heavy (non-hydrogen) atoms. The van der Waals surface area contributed by atoms with E-state index in [-0.39, 0.29) is 29.9 Å². The Morgan fingerprint density at radius 2 is 1.88 bits per heavy atom. The minimum Gasteiger partial charge on any atom is -0.480 e. The molecule has 0 saturated carbocycles. The molecule has 0 aliphatic rings. The Morgan fingerprint density at radius 1 is 1.19 bits per heavy atom. The molecule has 1 aromatic carbocycles. The number of benzene rings is 1. The molecule has 9 heteroatoms. The number of anilines is 1. The number of rotatable bonds is 9. The van der Waals surface area contributed by atoms with Crippen LogP contribution in [-0.2, 0) is 17.8 Å². The monoisotopic (exact) mass is 398 g/mol. The molecule has 0 radical (unpaired) electrons. The lowest BCUT2D eigenvalue weighted by atomic mass is 10.1. The second-order valence-corrected chi connectivity index (χ2v) is 6.67. The minimum atomic E-state index is -0.883. The van der Waals surface area contributed by atoms with Crippen molar-refractivity contribution in [3.8, 4) is 0 Å². The van der Waals surface area contributed by atoms with Crippen LogP contribution in [0, 0.1) is 0 Å². The lowest BCUT2D eigenvalue weighted by Gasteiger charge is -2.17. The number of hydrogen-bond donors (Lipinski definition) is 2. The number of carboxylic acids is 1. The topological polar surface area (TPSA) is 95.4 Å². The minimum absolute atomic E-state index is 0. The highest BCUT2D eigenvalue weighted by atomic mass is 35.5. The highest BCUT2D eigenvalue weighted by Crippen LogP contribution is 2.16. The Bertz CT molecular complexity index is 721. The van der Waals surface area contributed by atoms with E-state index in [9.17, 15) is 9.59 Å². The Balaban J connectivity index is 0.00000338. The van der Waals surface area contributed by atoms with Gasteiger partial charge in [-0.05, 0) is 37.1 Å². The molecule has 0 unspecified atom stereocenters. The number of carboxylic acid groups (broad SMARTS) is 1. The fraction of sp³-hybridized carbons (Fsp3) is 0.412. The molecule has 2 aromatic rings. The summed E-state index contributed by atoms with van der Waals surface area (Å²) >= 11 is 1.18. The standard InChI is InChI=1S/C17H22N4O3S.ClH/c1-3-9-21(11-15(22)23)10-14-19-20-17(25-14)16(24)18-13-7-5-12(4-2)6-8-13;/h5-8H,3-4,9-11H2,1-2H3,(H,18,24)(H,22,23);1H. The van der Waals surface area contributed by atoms with Crippen LogP contribution >= 0.6 is 23.7 Å². The highest BCUT2D eigenvalue weighted by Gasteiger charge is 2.16. The molecule has 0 aliphatic carbocycles. The first kappa shape index (κ1) is 22.0. The molecule has 1 amide bonds. The number of amides is 1. The van der Waals surface area contributed by atoms with Crippen LogP contribution in [0.15, 0.2) is 24.3 Å². The van der Waals surface area contributed by atoms with Gasteiger partial charge in [0.15, 0.2) is 0 Å². The summed E-state index contributed by atoms with van der Waals surface area (Å²) in [6.07, 6.45) is 1.78. The van der Waals surface area contributed by atoms with Gasteiger partial charge >= 0.3 is 5.97 Å². The quantitative estimate of drug-likeness (QED) is 0.673. The predicted octanol–water partition coefficient (Wildman–Crippen LogP) is 3.07. The summed E-state index contributed by atoms with van der Waals surface area (Å²) in [6, 6.07) is 7.65. The van der Waals surface area contributed by atoms with E-state index in [1.807, 2.05) is 31.2 Å². The molecule has 0 fully saturated rings. The Morgan fingerprint density at radius 3 is 2.46 bits per heavy atom. The maximum absolute atomic E-state index is 12.3. The number of nitrogens with zero attached hydrogens (tertiary/aromatic N) is 3. The molecule has 0 bridgehead atoms. The number of carbonyl (C=O) groups excluding carboxylic acids is 1. The molecule has 0 atom stereocenters. The molecule has 7 nitrogen and oxygen atoms in total. The van der Waals surface area contributed by atoms with Crippen LogP contribution in [0.1, 0.15) is 40.6 Å². The molecular weight excluding hydrogens is 376 g/mol. The predicted molar refractivity (Wildman–Crippen MR) is 104 cm³/mol. The molecule has 142 valence electrons. The van der Waals surface area contributed by atoms with E-state index in [0.29, 0.717) is 23.8 Å². The average molecular weight is 399 g/mol. The SMILES string of the molecule is CCCN(CC(=O)O)Cc1nnc(C(=O)Nc2ccc(CC)cc2)s1.Cl. The number of aliphatic carboxylic acids is 1. The normalized spacial score (nSPS) is 10.4. The summed E-state index contributed by atoms with van der Waals surface area (Å²) in [5.41, 5.74) is 1.91. The summed E-state index contributed by atoms with van der Waals surface area (Å²) < 4.78 is 0. The van der Waals surface area contributed by atoms with Crippen LogP contribution in [0.4, 0.5) is 5.69 Å². The first-order valence-electron chi connectivity index (χ1n) is 8.18. The van der Waals surface area contributed by atoms with Gasteiger partial charge in [0.2, 0.25) is 5.01 Å². The maximum atomic E-state index is 12.3. The van der Waals surface area contributed by atoms with Crippen LogP contribution in [0.3, 0.4) is 0 Å². The van der Waals surface area contributed by atoms with Gasteiger partial charge in [-0.2, -0.15) is 0 Å². The van der Waals surface area contributed by atoms with Gasteiger partial charge in [-0.3, -0.25) is 14.5 Å². The number of nitrogens with one attached hydrogen (secondary N) is 1. The highest BCUT2D eigenvalue weighted by molar-refractivity contribution is 7.13. The fourth-order valence-electron chi connectivity index (χ4n) is 2.33. The lowest BCUT2D eigenvalue weighted by Crippen LogP contribution is -2.30. The third-order valence-electron chi connectivity index (χ3n) is 3.54. The summed E-state index contributed by atoms with van der Waals surface area (Å²) in [4.78, 5) is 24.9. The Kier molecular flexibility index (Phi) is 9.18. The van der Waals surface area contributed by atoms with Gasteiger partial charge in [0.05, 0.1) is 13.1 Å². The molecule has 0 aliphatic heterocycles. The zero-order valence-electron chi connectivity index (χ0n) is 14.8. The van der Waals surface area contributed by atoms with Crippen LogP contribution in [-0.4, -0.2) is 45.2 Å². The number of aromatic nitrogens is 2. The summed E-state index contributed by atoms with van der Waals surface area (Å²) in [5, 5.41) is 20.6. The summed E-state index contributed by atoms with van der Waals surface area (Å²) in [6.45, 7) is 5.02. The van der Waals surface area contributed by atoms with E-state index in [4.69, 9.17) is 5.11 Å². The molecule has 1 heterocycles. The molecule has 0 spiro atoms. The number of halogens is 1. The van der Waals surface area contributed by atoms with E-state index in [0.717, 1.165) is 12.8 Å². The van der Waals surface area contributed by atoms with Crippen molar-refractivity contribution in [2.75, 3.05) is 18.4 Å². The molecule has 1 aromatic heterocycles. The van der Waals surface area contributed by atoms with Crippen molar-refractivity contribution in [3.05, 3.63) is 39.8 Å². The third kappa shape index (κ3) is 6.70. The summed E-state index contributed by atoms with van der Waals surface area (Å²) in [5.74, 6) is -1.19. The van der Waals surface area contributed by atoms with Crippen molar-refractivity contribution in [1.82, 2.24) is 15.1 Å². The van der Waals surface area contributed by atoms with Crippen molar-refractivity contribution in [2.45, 2.75) is 33.2 Å². The summed E-state index contributed by atoms with van der Waals surface area (Å²) in [7, 11) is 0. The van der Waals surface area contributed by atoms with Crippen molar-refractivity contribution in [2.24, 2.45) is 0 Å². The second-order valence-electron chi connectivity index (χ2n) is 5.61. The van der Waals surface area contributed by atoms with Gasteiger partial charge in [0.25, 0.3) is 5.91 Å². The van der Waals surface area contributed by atoms with Crippen molar-refractivity contribution < 1.29 is 14.7 Å². The number of aryl methyl sites for hydroxylation is 1. The van der Waals surface area contributed by atoms with Crippen LogP contribution in [0.2, 0.25) is 0 Å². The smallest absolute Gasteiger partial charge is 0.317 e. The van der Waals surface area contributed by atoms with E-state index in [1.165, 1.54) is 16.9 Å². The second kappa shape index (κ2) is 10.8. The zero-order chi connectivity index (χ0) is 18.2. The van der Waals surface area contributed by atoms with Crippen molar-refractivity contribution in [3.63, 3.8) is 0 Å². The molecule has 2 N–H and O–H groups in total. The van der Waals surface area contributed by atoms with E-state index < -0.39 is 5.97 Å². The van der Waals surface area contributed by atoms with Gasteiger partial charge < -0.3 is 10.4 Å². The van der Waals surface area contributed by atoms with Gasteiger partial charge in [-0.25, -0.2) is 0 Å². The van der Waals surface area contributed by atoms with Crippen LogP contribution in [0.25, 0.3) is 0 Å². The lowest BCUT2D eigenvalue weighted by molar-refractivity contribution is -0.138. The fourth-order valence-corrected chi connectivity index (χ4v) is 3.11. The van der Waals surface area contributed by atoms with Gasteiger partial charge in [0, 0.05) is 5.69 Å². The average Bonchev–Trinajstić information content (AvgIpc) is 3.04. The van der Waals surface area contributed by atoms with Crippen LogP contribution < -0.4 is 5.32 Å². The van der Waals surface area contributed by atoms with Gasteiger partial charge in [0.1, 0.15) is 5.01 Å². The largest absolute Gasteiger partial charge is 0.480 e. The maximum Gasteiger partial charge on any atom is 0.317 e. The third-order valence-corrected chi connectivity index (χ3v) is 4.45. The first-order valence-corrected chi connectivity index (χ1v) is 9.00. The number of carbonyl (C=O) groups is 2. The zero-order valence-corrected chi connectivity index (χ0v) is 16.4. The molecule has 2 rings (SSSR count). The van der Waals surface area contributed by atoms with E-state index >= 15 is 0 Å².